The van der Waals surface area contributed by atoms with Crippen LogP contribution in [0.5, 0.6) is 23.0 Å². The van der Waals surface area contributed by atoms with Crippen LogP contribution in [0.25, 0.3) is 22.6 Å². The molecule has 1 aliphatic rings. The number of rotatable bonds is 5. The third kappa shape index (κ3) is 3.55. The molecular formula is C21H16INO6. The fraction of sp³-hybridized carbons (Fsp3) is 0.143. The van der Waals surface area contributed by atoms with E-state index in [4.69, 9.17) is 18.9 Å². The Kier molecular flexibility index (Phi) is 5.18. The smallest absolute Gasteiger partial charge is 0.336 e. The van der Waals surface area contributed by atoms with Crippen molar-refractivity contribution in [3.63, 3.8) is 0 Å². The van der Waals surface area contributed by atoms with Crippen molar-refractivity contribution < 1.29 is 28.8 Å². The lowest BCUT2D eigenvalue weighted by Crippen LogP contribution is -2.03. The number of fused-ring (bicyclic) bond motifs is 2. The summed E-state index contributed by atoms with van der Waals surface area (Å²) >= 11 is 2.09. The highest BCUT2D eigenvalue weighted by Crippen LogP contribution is 2.38. The molecule has 2 aromatic carbocycles. The van der Waals surface area contributed by atoms with Gasteiger partial charge in [-0.05, 0) is 58.5 Å². The lowest BCUT2D eigenvalue weighted by molar-refractivity contribution is -0.130. The first-order valence-electron chi connectivity index (χ1n) is 8.57. The molecule has 0 bridgehead atoms. The highest BCUT2D eigenvalue weighted by atomic mass is 127. The van der Waals surface area contributed by atoms with Gasteiger partial charge in [0.1, 0.15) is 0 Å². The van der Waals surface area contributed by atoms with Crippen LogP contribution in [0.2, 0.25) is 0 Å². The lowest BCUT2D eigenvalue weighted by Gasteiger charge is -2.13. The molecule has 3 aromatic rings. The molecule has 148 valence electrons. The van der Waals surface area contributed by atoms with Gasteiger partial charge in [-0.1, -0.05) is 0 Å². The SMILES string of the molecule is COc1cc(I)c(/C(=C\c2ccnc3cc4c(cc23)OCO4)C(=O)O)cc1OC. The average Bonchev–Trinajstić information content (AvgIpc) is 3.17. The van der Waals surface area contributed by atoms with Crippen molar-refractivity contribution in [3.05, 3.63) is 51.2 Å². The van der Waals surface area contributed by atoms with Crippen LogP contribution >= 0.6 is 22.6 Å². The molecule has 0 radical (unpaired) electrons. The van der Waals surface area contributed by atoms with E-state index < -0.39 is 5.97 Å². The van der Waals surface area contributed by atoms with Gasteiger partial charge < -0.3 is 24.1 Å². The van der Waals surface area contributed by atoms with Gasteiger partial charge in [-0.3, -0.25) is 4.98 Å². The van der Waals surface area contributed by atoms with E-state index in [1.807, 2.05) is 6.07 Å². The Bertz CT molecular complexity index is 1160. The molecule has 2 heterocycles. The number of carboxylic acids is 1. The summed E-state index contributed by atoms with van der Waals surface area (Å²) in [5.74, 6) is 1.17. The summed E-state index contributed by atoms with van der Waals surface area (Å²) in [6.07, 6.45) is 3.26. The van der Waals surface area contributed by atoms with E-state index in [0.29, 0.717) is 39.6 Å². The predicted octanol–water partition coefficient (Wildman–Crippen LogP) is 4.21. The van der Waals surface area contributed by atoms with E-state index >= 15 is 0 Å². The van der Waals surface area contributed by atoms with Crippen LogP contribution in [0, 0.1) is 3.57 Å². The first kappa shape index (κ1) is 19.3. The van der Waals surface area contributed by atoms with Crippen LogP contribution in [0.4, 0.5) is 0 Å². The number of carboxylic acid groups (broad SMARTS) is 1. The molecule has 1 N–H and O–H groups in total. The molecule has 1 aromatic heterocycles. The predicted molar refractivity (Wildman–Crippen MR) is 116 cm³/mol. The molecule has 8 heteroatoms. The Balaban J connectivity index is 1.90. The zero-order chi connectivity index (χ0) is 20.5. The second kappa shape index (κ2) is 7.78. The van der Waals surface area contributed by atoms with E-state index in [-0.39, 0.29) is 12.4 Å². The Morgan fingerprint density at radius 2 is 1.83 bits per heavy atom. The second-order valence-corrected chi connectivity index (χ2v) is 7.34. The van der Waals surface area contributed by atoms with Crippen molar-refractivity contribution in [2.75, 3.05) is 21.0 Å². The van der Waals surface area contributed by atoms with Gasteiger partial charge in [0.05, 0.1) is 25.3 Å². The third-order valence-corrected chi connectivity index (χ3v) is 5.46. The largest absolute Gasteiger partial charge is 0.493 e. The van der Waals surface area contributed by atoms with Gasteiger partial charge in [-0.25, -0.2) is 4.79 Å². The van der Waals surface area contributed by atoms with Crippen molar-refractivity contribution in [2.24, 2.45) is 0 Å². The minimum Gasteiger partial charge on any atom is -0.493 e. The Morgan fingerprint density at radius 1 is 1.14 bits per heavy atom. The molecule has 0 atom stereocenters. The number of aromatic nitrogens is 1. The van der Waals surface area contributed by atoms with Crippen LogP contribution in [0.1, 0.15) is 11.1 Å². The summed E-state index contributed by atoms with van der Waals surface area (Å²) in [4.78, 5) is 16.5. The molecule has 29 heavy (non-hydrogen) atoms. The van der Waals surface area contributed by atoms with Crippen molar-refractivity contribution >= 4 is 51.1 Å². The summed E-state index contributed by atoms with van der Waals surface area (Å²) in [6.45, 7) is 0.154. The molecule has 0 aliphatic carbocycles. The number of halogens is 1. The molecule has 7 nitrogen and oxygen atoms in total. The van der Waals surface area contributed by atoms with Gasteiger partial charge in [0.2, 0.25) is 6.79 Å². The van der Waals surface area contributed by atoms with Crippen molar-refractivity contribution in [2.45, 2.75) is 0 Å². The number of hydrogen-bond donors (Lipinski definition) is 1. The molecule has 4 rings (SSSR count). The third-order valence-electron chi connectivity index (χ3n) is 4.56. The summed E-state index contributed by atoms with van der Waals surface area (Å²) < 4.78 is 22.2. The van der Waals surface area contributed by atoms with E-state index in [1.165, 1.54) is 14.2 Å². The molecule has 0 saturated heterocycles. The number of methoxy groups -OCH3 is 2. The molecule has 0 amide bonds. The summed E-state index contributed by atoms with van der Waals surface area (Å²) in [5, 5.41) is 10.7. The van der Waals surface area contributed by atoms with Crippen LogP contribution < -0.4 is 18.9 Å². The van der Waals surface area contributed by atoms with Crippen LogP contribution in [-0.4, -0.2) is 37.1 Å². The Morgan fingerprint density at radius 3 is 2.52 bits per heavy atom. The first-order valence-corrected chi connectivity index (χ1v) is 9.65. The van der Waals surface area contributed by atoms with Crippen LogP contribution in [-0.2, 0) is 4.79 Å². The zero-order valence-corrected chi connectivity index (χ0v) is 17.7. The summed E-state index contributed by atoms with van der Waals surface area (Å²) in [5.41, 5.74) is 2.05. The van der Waals surface area contributed by atoms with Gasteiger partial charge in [-0.2, -0.15) is 0 Å². The topological polar surface area (TPSA) is 87.1 Å². The Hall–Kier alpha value is -3.01. The van der Waals surface area contributed by atoms with Crippen molar-refractivity contribution in [3.8, 4) is 23.0 Å². The monoisotopic (exact) mass is 505 g/mol. The fourth-order valence-electron chi connectivity index (χ4n) is 3.15. The quantitative estimate of drug-likeness (QED) is 0.411. The van der Waals surface area contributed by atoms with Gasteiger partial charge in [-0.15, -0.1) is 0 Å². The second-order valence-electron chi connectivity index (χ2n) is 6.17. The van der Waals surface area contributed by atoms with Crippen molar-refractivity contribution in [1.82, 2.24) is 4.98 Å². The van der Waals surface area contributed by atoms with Gasteiger partial charge >= 0.3 is 5.97 Å². The summed E-state index contributed by atoms with van der Waals surface area (Å²) in [6, 6.07) is 8.78. The highest BCUT2D eigenvalue weighted by Gasteiger charge is 2.20. The number of pyridine rings is 1. The average molecular weight is 505 g/mol. The number of nitrogens with zero attached hydrogens (tertiary/aromatic N) is 1. The number of ether oxygens (including phenoxy) is 4. The molecule has 0 saturated carbocycles. The van der Waals surface area contributed by atoms with Gasteiger partial charge in [0, 0.05) is 26.8 Å². The number of carbonyl (C=O) groups is 1. The van der Waals surface area contributed by atoms with Gasteiger partial charge in [0.25, 0.3) is 0 Å². The molecule has 0 unspecified atom stereocenters. The van der Waals surface area contributed by atoms with Gasteiger partial charge in [0.15, 0.2) is 23.0 Å². The van der Waals surface area contributed by atoms with Crippen LogP contribution in [0.3, 0.4) is 0 Å². The molecular weight excluding hydrogens is 489 g/mol. The number of benzene rings is 2. The molecule has 0 fully saturated rings. The van der Waals surface area contributed by atoms with Crippen LogP contribution in [0.15, 0.2) is 36.5 Å². The maximum atomic E-state index is 12.1. The number of hydrogen-bond acceptors (Lipinski definition) is 6. The van der Waals surface area contributed by atoms with Crippen molar-refractivity contribution in [1.29, 1.82) is 0 Å². The number of aliphatic carboxylic acids is 1. The summed E-state index contributed by atoms with van der Waals surface area (Å²) in [7, 11) is 3.05. The normalized spacial score (nSPS) is 12.9. The minimum atomic E-state index is -1.05. The van der Waals surface area contributed by atoms with E-state index in [0.717, 1.165) is 8.96 Å². The molecule has 0 spiro atoms. The van der Waals surface area contributed by atoms with E-state index in [2.05, 4.69) is 27.6 Å². The Labute approximate surface area is 180 Å². The zero-order valence-electron chi connectivity index (χ0n) is 15.6. The van der Waals surface area contributed by atoms with E-state index in [1.54, 1.807) is 36.5 Å². The first-order chi connectivity index (χ1) is 14.0. The maximum Gasteiger partial charge on any atom is 0.336 e. The maximum absolute atomic E-state index is 12.1. The fourth-order valence-corrected chi connectivity index (χ4v) is 3.88. The van der Waals surface area contributed by atoms with E-state index in [9.17, 15) is 9.90 Å². The lowest BCUT2D eigenvalue weighted by atomic mass is 10.00. The standard InChI is InChI=1S/C21H16INO6/c1-26-17-7-13(15(22)8-18(17)27-2)14(21(24)25)5-11-3-4-23-16-9-20-19(6-12(11)16)28-10-29-20/h3-9H,10H2,1-2H3,(H,24,25)/b14-5+. The highest BCUT2D eigenvalue weighted by molar-refractivity contribution is 14.1. The molecule has 1 aliphatic heterocycles. The minimum absolute atomic E-state index is 0.125.